The number of benzene rings is 1. The summed E-state index contributed by atoms with van der Waals surface area (Å²) in [6.45, 7) is 0. The van der Waals surface area contributed by atoms with E-state index in [2.05, 4.69) is 37.2 Å². The van der Waals surface area contributed by atoms with Crippen molar-refractivity contribution in [2.24, 2.45) is 7.05 Å². The Bertz CT molecular complexity index is 741. The fourth-order valence-corrected chi connectivity index (χ4v) is 2.36. The molecule has 0 saturated carbocycles. The zero-order valence-electron chi connectivity index (χ0n) is 11.7. The second kappa shape index (κ2) is 7.15. The number of carbonyl (C=O) groups is 1. The van der Waals surface area contributed by atoms with Crippen LogP contribution in [0, 0.1) is 10.1 Å². The van der Waals surface area contributed by atoms with E-state index in [1.54, 1.807) is 7.05 Å². The third-order valence-corrected chi connectivity index (χ3v) is 3.52. The van der Waals surface area contributed by atoms with Crippen LogP contribution in [-0.4, -0.2) is 25.7 Å². The van der Waals surface area contributed by atoms with Crippen LogP contribution in [0.5, 0.6) is 0 Å². The van der Waals surface area contributed by atoms with Gasteiger partial charge in [-0.1, -0.05) is 0 Å². The molecule has 2 aromatic rings. The van der Waals surface area contributed by atoms with E-state index >= 15 is 0 Å². The Balaban J connectivity index is 1.90. The molecule has 0 bridgehead atoms. The lowest BCUT2D eigenvalue weighted by molar-refractivity contribution is -0.384. The fourth-order valence-electron chi connectivity index (χ4n) is 1.67. The highest BCUT2D eigenvalue weighted by atomic mass is 79.9. The molecule has 0 atom stereocenters. The minimum Gasteiger partial charge on any atom is -0.331 e. The van der Waals surface area contributed by atoms with E-state index in [0.29, 0.717) is 15.9 Å². The summed E-state index contributed by atoms with van der Waals surface area (Å²) >= 11 is 8.25. The number of thiocarbonyl (C=S) groups is 1. The van der Waals surface area contributed by atoms with Gasteiger partial charge in [0.15, 0.2) is 5.11 Å². The lowest BCUT2D eigenvalue weighted by Crippen LogP contribution is -2.44. The highest BCUT2D eigenvalue weighted by molar-refractivity contribution is 9.10. The molecule has 9 nitrogen and oxygen atoms in total. The highest BCUT2D eigenvalue weighted by Crippen LogP contribution is 2.15. The number of anilines is 1. The molecule has 1 heterocycles. The highest BCUT2D eigenvalue weighted by Gasteiger charge is 2.15. The average molecular weight is 399 g/mol. The van der Waals surface area contributed by atoms with Crippen molar-refractivity contribution < 1.29 is 9.72 Å². The maximum Gasteiger partial charge on any atom is 0.289 e. The van der Waals surface area contributed by atoms with Gasteiger partial charge < -0.3 is 5.32 Å². The molecule has 0 aliphatic carbocycles. The second-order valence-corrected chi connectivity index (χ2v) is 5.56. The summed E-state index contributed by atoms with van der Waals surface area (Å²) in [4.78, 5) is 22.1. The molecule has 23 heavy (non-hydrogen) atoms. The fraction of sp³-hybridized carbons (Fsp3) is 0.0833. The first-order valence-corrected chi connectivity index (χ1v) is 7.38. The minimum absolute atomic E-state index is 0.0243. The molecular formula is C12H11BrN6O3S. The Kier molecular flexibility index (Phi) is 5.24. The standard InChI is InChI=1S/C12H11BrN6O3S/c1-18-10(9(13)6-14-18)11(20)16-17-12(23)15-7-2-4-8(5-3-7)19(21)22/h2-6H,1H3,(H,16,20)(H2,15,17,23). The van der Waals surface area contributed by atoms with Crippen LogP contribution in [0.3, 0.4) is 0 Å². The molecule has 0 spiro atoms. The monoisotopic (exact) mass is 398 g/mol. The van der Waals surface area contributed by atoms with E-state index in [0.717, 1.165) is 0 Å². The summed E-state index contributed by atoms with van der Waals surface area (Å²) in [7, 11) is 1.63. The maximum absolute atomic E-state index is 12.0. The van der Waals surface area contributed by atoms with Gasteiger partial charge in [0.1, 0.15) is 5.69 Å². The summed E-state index contributed by atoms with van der Waals surface area (Å²) < 4.78 is 1.96. The van der Waals surface area contributed by atoms with Gasteiger partial charge in [-0.25, -0.2) is 0 Å². The first kappa shape index (κ1) is 16.8. The van der Waals surface area contributed by atoms with Gasteiger partial charge in [0.2, 0.25) is 0 Å². The third kappa shape index (κ3) is 4.23. The molecule has 0 radical (unpaired) electrons. The number of carbonyl (C=O) groups excluding carboxylic acids is 1. The van der Waals surface area contributed by atoms with Gasteiger partial charge in [-0.15, -0.1) is 0 Å². The number of nitrogens with one attached hydrogen (secondary N) is 3. The molecule has 0 fully saturated rings. The maximum atomic E-state index is 12.0. The van der Waals surface area contributed by atoms with Gasteiger partial charge in [0.25, 0.3) is 11.6 Å². The number of amides is 1. The van der Waals surface area contributed by atoms with E-state index in [1.807, 2.05) is 0 Å². The number of rotatable bonds is 3. The zero-order chi connectivity index (χ0) is 17.0. The average Bonchev–Trinajstić information content (AvgIpc) is 2.84. The lowest BCUT2D eigenvalue weighted by Gasteiger charge is -2.11. The summed E-state index contributed by atoms with van der Waals surface area (Å²) in [5.41, 5.74) is 5.81. The molecule has 0 unspecified atom stereocenters. The molecule has 0 aliphatic heterocycles. The Morgan fingerprint density at radius 3 is 2.52 bits per heavy atom. The van der Waals surface area contributed by atoms with Crippen molar-refractivity contribution in [1.29, 1.82) is 0 Å². The van der Waals surface area contributed by atoms with Crippen molar-refractivity contribution in [3.05, 3.63) is 50.7 Å². The predicted molar refractivity (Wildman–Crippen MR) is 90.8 cm³/mol. The topological polar surface area (TPSA) is 114 Å². The van der Waals surface area contributed by atoms with Crippen LogP contribution >= 0.6 is 28.1 Å². The van der Waals surface area contributed by atoms with Crippen LogP contribution in [0.15, 0.2) is 34.9 Å². The number of non-ortho nitro benzene ring substituents is 1. The van der Waals surface area contributed by atoms with Crippen LogP contribution in [0.1, 0.15) is 10.5 Å². The molecule has 1 aromatic heterocycles. The zero-order valence-corrected chi connectivity index (χ0v) is 14.1. The largest absolute Gasteiger partial charge is 0.331 e. The molecule has 0 aliphatic rings. The number of halogens is 1. The minimum atomic E-state index is -0.494. The van der Waals surface area contributed by atoms with E-state index in [4.69, 9.17) is 12.2 Å². The molecule has 11 heteroatoms. The van der Waals surface area contributed by atoms with Gasteiger partial charge >= 0.3 is 0 Å². The van der Waals surface area contributed by atoms with Crippen molar-refractivity contribution in [3.8, 4) is 0 Å². The normalized spacial score (nSPS) is 10.0. The predicted octanol–water partition coefficient (Wildman–Crippen LogP) is 1.72. The van der Waals surface area contributed by atoms with E-state index < -0.39 is 10.8 Å². The number of nitrogens with zero attached hydrogens (tertiary/aromatic N) is 3. The number of aromatic nitrogens is 2. The van der Waals surface area contributed by atoms with Crippen molar-refractivity contribution >= 4 is 50.5 Å². The van der Waals surface area contributed by atoms with Crippen LogP contribution in [0.4, 0.5) is 11.4 Å². The van der Waals surface area contributed by atoms with E-state index in [1.165, 1.54) is 35.1 Å². The van der Waals surface area contributed by atoms with Crippen molar-refractivity contribution in [1.82, 2.24) is 20.6 Å². The molecule has 2 rings (SSSR count). The molecule has 3 N–H and O–H groups in total. The van der Waals surface area contributed by atoms with Gasteiger partial charge in [-0.3, -0.25) is 30.4 Å². The summed E-state index contributed by atoms with van der Waals surface area (Å²) in [6, 6.07) is 5.70. The van der Waals surface area contributed by atoms with Crippen molar-refractivity contribution in [2.75, 3.05) is 5.32 Å². The van der Waals surface area contributed by atoms with Gasteiger partial charge in [-0.2, -0.15) is 5.10 Å². The quantitative estimate of drug-likeness (QED) is 0.409. The molecule has 1 aromatic carbocycles. The SMILES string of the molecule is Cn1ncc(Br)c1C(=O)NNC(=S)Nc1ccc([N+](=O)[O-])cc1. The smallest absolute Gasteiger partial charge is 0.289 e. The number of aryl methyl sites for hydroxylation is 1. The van der Waals surface area contributed by atoms with Gasteiger partial charge in [-0.05, 0) is 40.3 Å². The summed E-state index contributed by atoms with van der Waals surface area (Å²) in [6.07, 6.45) is 1.50. The summed E-state index contributed by atoms with van der Waals surface area (Å²) in [5, 5.41) is 17.4. The Morgan fingerprint density at radius 2 is 2.00 bits per heavy atom. The summed E-state index contributed by atoms with van der Waals surface area (Å²) in [5.74, 6) is -0.426. The second-order valence-electron chi connectivity index (χ2n) is 4.30. The number of hydrazine groups is 1. The van der Waals surface area contributed by atoms with Crippen LogP contribution < -0.4 is 16.2 Å². The lowest BCUT2D eigenvalue weighted by atomic mass is 10.3. The van der Waals surface area contributed by atoms with E-state index in [9.17, 15) is 14.9 Å². The Hall–Kier alpha value is -2.53. The molecular weight excluding hydrogens is 388 g/mol. The molecule has 0 saturated heterocycles. The third-order valence-electron chi connectivity index (χ3n) is 2.73. The Labute approximate surface area is 144 Å². The van der Waals surface area contributed by atoms with Crippen LogP contribution in [0.2, 0.25) is 0 Å². The van der Waals surface area contributed by atoms with Crippen LogP contribution in [0.25, 0.3) is 0 Å². The molecule has 1 amide bonds. The van der Waals surface area contributed by atoms with E-state index in [-0.39, 0.29) is 10.8 Å². The molecule has 120 valence electrons. The van der Waals surface area contributed by atoms with Gasteiger partial charge in [0, 0.05) is 24.9 Å². The first-order valence-electron chi connectivity index (χ1n) is 6.18. The van der Waals surface area contributed by atoms with Crippen LogP contribution in [-0.2, 0) is 7.05 Å². The number of hydrogen-bond acceptors (Lipinski definition) is 5. The first-order chi connectivity index (χ1) is 10.9. The number of hydrogen-bond donors (Lipinski definition) is 3. The van der Waals surface area contributed by atoms with Crippen molar-refractivity contribution in [2.45, 2.75) is 0 Å². The number of nitro benzene ring substituents is 1. The van der Waals surface area contributed by atoms with Crippen molar-refractivity contribution in [3.63, 3.8) is 0 Å². The van der Waals surface area contributed by atoms with Gasteiger partial charge in [0.05, 0.1) is 15.6 Å². The Morgan fingerprint density at radius 1 is 1.35 bits per heavy atom. The number of nitro groups is 1.